The van der Waals surface area contributed by atoms with Crippen LogP contribution in [0.3, 0.4) is 0 Å². The van der Waals surface area contributed by atoms with E-state index in [0.717, 1.165) is 0 Å². The van der Waals surface area contributed by atoms with Crippen molar-refractivity contribution >= 4 is 11.6 Å². The van der Waals surface area contributed by atoms with Crippen molar-refractivity contribution in [3.63, 3.8) is 0 Å². The number of halogens is 5. The third-order valence-corrected chi connectivity index (χ3v) is 0.704. The van der Waals surface area contributed by atoms with Crippen molar-refractivity contribution in [2.24, 2.45) is 0 Å². The Kier molecular flexibility index (Phi) is 2.97. The highest BCUT2D eigenvalue weighted by Gasteiger charge is 2.28. The van der Waals surface area contributed by atoms with Crippen LogP contribution >= 0.6 is 11.6 Å². The summed E-state index contributed by atoms with van der Waals surface area (Å²) in [6.45, 7) is 0. The predicted molar refractivity (Wildman–Crippen MR) is 25.7 cm³/mol. The number of rotatable bonds is 1. The van der Waals surface area contributed by atoms with E-state index in [1.807, 2.05) is 0 Å². The Hall–Kier alpha value is -0.250. The molecule has 0 aliphatic heterocycles. The predicted octanol–water partition coefficient (Wildman–Crippen LogP) is 2.99. The maximum atomic E-state index is 11.2. The van der Waals surface area contributed by atoms with Crippen LogP contribution in [0, 0.1) is 0 Å². The van der Waals surface area contributed by atoms with E-state index >= 15 is 0 Å². The average Bonchev–Trinajstić information content (AvgIpc) is 1.62. The van der Waals surface area contributed by atoms with E-state index in [4.69, 9.17) is 11.6 Å². The van der Waals surface area contributed by atoms with Gasteiger partial charge in [0.25, 0.3) is 0 Å². The first kappa shape index (κ1) is 8.75. The molecule has 0 heterocycles. The summed E-state index contributed by atoms with van der Waals surface area (Å²) in [4.78, 5) is 0. The van der Waals surface area contributed by atoms with Crippen LogP contribution in [0.25, 0.3) is 0 Å². The minimum atomic E-state index is -4.42. The molecule has 0 bridgehead atoms. The molecule has 0 radical (unpaired) electrons. The van der Waals surface area contributed by atoms with E-state index in [1.54, 1.807) is 0 Å². The van der Waals surface area contributed by atoms with Crippen molar-refractivity contribution in [2.45, 2.75) is 12.6 Å². The summed E-state index contributed by atoms with van der Waals surface area (Å²) in [5, 5.41) is -0.831. The molecule has 0 fully saturated rings. The van der Waals surface area contributed by atoms with Gasteiger partial charge >= 0.3 is 6.18 Å². The van der Waals surface area contributed by atoms with Gasteiger partial charge in [-0.05, 0) is 0 Å². The molecule has 0 saturated heterocycles. The van der Waals surface area contributed by atoms with Gasteiger partial charge in [0, 0.05) is 0 Å². The van der Waals surface area contributed by atoms with E-state index in [1.165, 1.54) is 0 Å². The second kappa shape index (κ2) is 3.06. The minimum absolute atomic E-state index is 0.269. The monoisotopic (exact) mass is 162 g/mol. The molecule has 0 aromatic rings. The fraction of sp³-hybridized carbons (Fsp3) is 0.500. The molecule has 0 nitrogen and oxygen atoms in total. The van der Waals surface area contributed by atoms with E-state index in [0.29, 0.717) is 0 Å². The Labute approximate surface area is 54.1 Å². The number of hydrogen-bond acceptors (Lipinski definition) is 0. The maximum Gasteiger partial charge on any atom is 0.393 e. The van der Waals surface area contributed by atoms with Crippen molar-refractivity contribution < 1.29 is 17.6 Å². The highest BCUT2D eigenvalue weighted by Crippen LogP contribution is 2.26. The van der Waals surface area contributed by atoms with Crippen LogP contribution in [0.2, 0.25) is 0 Å². The Balaban J connectivity index is 3.75. The zero-order valence-electron chi connectivity index (χ0n) is 4.17. The highest BCUT2D eigenvalue weighted by atomic mass is 35.5. The second-order valence-electron chi connectivity index (χ2n) is 1.35. The van der Waals surface area contributed by atoms with Crippen molar-refractivity contribution in [3.05, 3.63) is 11.4 Å². The molecular formula is C4H3ClF4. The molecule has 0 rings (SSSR count). The third-order valence-electron chi connectivity index (χ3n) is 0.488. The smallest absolute Gasteiger partial charge is 0.214 e. The molecule has 0 aliphatic carbocycles. The minimum Gasteiger partial charge on any atom is -0.214 e. The van der Waals surface area contributed by atoms with Crippen molar-refractivity contribution in [2.75, 3.05) is 0 Å². The molecule has 0 N–H and O–H groups in total. The molecule has 0 unspecified atom stereocenters. The van der Waals surface area contributed by atoms with E-state index < -0.39 is 17.6 Å². The van der Waals surface area contributed by atoms with Crippen LogP contribution < -0.4 is 0 Å². The molecular weight excluding hydrogens is 159 g/mol. The molecule has 9 heavy (non-hydrogen) atoms. The zero-order valence-corrected chi connectivity index (χ0v) is 4.93. The molecule has 0 saturated carbocycles. The summed E-state index contributed by atoms with van der Waals surface area (Å²) in [6, 6.07) is 0. The molecule has 0 atom stereocenters. The lowest BCUT2D eigenvalue weighted by molar-refractivity contribution is -0.125. The van der Waals surface area contributed by atoms with Gasteiger partial charge in [-0.15, -0.1) is 0 Å². The Morgan fingerprint density at radius 1 is 1.44 bits per heavy atom. The Morgan fingerprint density at radius 3 is 2.00 bits per heavy atom. The van der Waals surface area contributed by atoms with Gasteiger partial charge in [-0.1, -0.05) is 11.6 Å². The topological polar surface area (TPSA) is 0 Å². The van der Waals surface area contributed by atoms with Crippen LogP contribution in [0.5, 0.6) is 0 Å². The lowest BCUT2D eigenvalue weighted by atomic mass is 10.4. The van der Waals surface area contributed by atoms with Crippen LogP contribution in [-0.2, 0) is 0 Å². The fourth-order valence-electron chi connectivity index (χ4n) is 0.230. The van der Waals surface area contributed by atoms with Crippen LogP contribution in [0.4, 0.5) is 17.6 Å². The summed E-state index contributed by atoms with van der Waals surface area (Å²) in [7, 11) is 0. The summed E-state index contributed by atoms with van der Waals surface area (Å²) in [5.74, 6) is 0. The summed E-state index contributed by atoms with van der Waals surface area (Å²) in [5.41, 5.74) is 0. The Morgan fingerprint density at radius 2 is 1.89 bits per heavy atom. The van der Waals surface area contributed by atoms with Crippen molar-refractivity contribution in [1.29, 1.82) is 0 Å². The van der Waals surface area contributed by atoms with Crippen LogP contribution in [0.1, 0.15) is 6.42 Å². The summed E-state index contributed by atoms with van der Waals surface area (Å²) in [6.07, 6.45) is -6.08. The van der Waals surface area contributed by atoms with E-state index in [2.05, 4.69) is 0 Å². The van der Waals surface area contributed by atoms with Gasteiger partial charge in [-0.3, -0.25) is 0 Å². The Bertz CT molecular complexity index is 114. The molecule has 0 aliphatic rings. The van der Waals surface area contributed by atoms with E-state index in [-0.39, 0.29) is 6.33 Å². The van der Waals surface area contributed by atoms with Gasteiger partial charge in [0.1, 0.15) is 6.33 Å². The zero-order chi connectivity index (χ0) is 7.49. The average molecular weight is 163 g/mol. The second-order valence-corrected chi connectivity index (χ2v) is 1.83. The van der Waals surface area contributed by atoms with Gasteiger partial charge in [-0.25, -0.2) is 4.39 Å². The number of hydrogen-bond donors (Lipinski definition) is 0. The van der Waals surface area contributed by atoms with Gasteiger partial charge in [0.15, 0.2) is 0 Å². The van der Waals surface area contributed by atoms with Crippen LogP contribution in [0.15, 0.2) is 11.4 Å². The van der Waals surface area contributed by atoms with Gasteiger partial charge in [0.2, 0.25) is 0 Å². The number of alkyl halides is 3. The maximum absolute atomic E-state index is 11.2. The van der Waals surface area contributed by atoms with Gasteiger partial charge < -0.3 is 0 Å². The van der Waals surface area contributed by atoms with E-state index in [9.17, 15) is 17.6 Å². The van der Waals surface area contributed by atoms with Crippen molar-refractivity contribution in [1.82, 2.24) is 0 Å². The van der Waals surface area contributed by atoms with Crippen LogP contribution in [-0.4, -0.2) is 6.18 Å². The SMILES string of the molecule is F/C=C(/Cl)CC(F)(F)F. The van der Waals surface area contributed by atoms with Gasteiger partial charge in [0.05, 0.1) is 11.5 Å². The lowest BCUT2D eigenvalue weighted by Gasteiger charge is -2.01. The molecule has 54 valence electrons. The summed E-state index contributed by atoms with van der Waals surface area (Å²) >= 11 is 4.72. The van der Waals surface area contributed by atoms with Crippen molar-refractivity contribution in [3.8, 4) is 0 Å². The first-order valence-electron chi connectivity index (χ1n) is 1.97. The first-order valence-corrected chi connectivity index (χ1v) is 2.35. The summed E-state index contributed by atoms with van der Waals surface area (Å²) < 4.78 is 44.7. The normalized spacial score (nSPS) is 14.1. The first-order chi connectivity index (χ1) is 3.95. The third kappa shape index (κ3) is 5.62. The standard InChI is InChI=1S/C4H3ClF4/c5-3(2-6)1-4(7,8)9/h2H,1H2/b3-2+. The molecule has 0 amide bonds. The largest absolute Gasteiger partial charge is 0.393 e. The quantitative estimate of drug-likeness (QED) is 0.520. The molecule has 0 aromatic heterocycles. The highest BCUT2D eigenvalue weighted by molar-refractivity contribution is 6.29. The molecule has 5 heteroatoms. The van der Waals surface area contributed by atoms with Gasteiger partial charge in [-0.2, -0.15) is 13.2 Å². The molecule has 0 spiro atoms. The molecule has 0 aromatic carbocycles. The fourth-order valence-corrected chi connectivity index (χ4v) is 0.382. The lowest BCUT2D eigenvalue weighted by Crippen LogP contribution is -2.05. The number of allylic oxidation sites excluding steroid dienone is 1.